The highest BCUT2D eigenvalue weighted by molar-refractivity contribution is 6.24. The molecule has 0 saturated carbocycles. The van der Waals surface area contributed by atoms with Crippen molar-refractivity contribution in [2.75, 3.05) is 0 Å². The van der Waals surface area contributed by atoms with Crippen molar-refractivity contribution in [3.05, 3.63) is 637 Å². The minimum absolute atomic E-state index is 0.307. The van der Waals surface area contributed by atoms with Crippen LogP contribution in [0.3, 0.4) is 0 Å². The molecule has 0 unspecified atom stereocenters. The zero-order valence-corrected chi connectivity index (χ0v) is 77.8. The van der Waals surface area contributed by atoms with E-state index in [-0.39, 0.29) is 16.2 Å². The average molecular weight is 1790 g/mol. The molecule has 0 atom stereocenters. The lowest BCUT2D eigenvalue weighted by Gasteiger charge is -2.42. The lowest BCUT2D eigenvalue weighted by molar-refractivity contribution is 0.750. The Morgan fingerprint density at radius 3 is 0.780 bits per heavy atom. The zero-order chi connectivity index (χ0) is 93.4. The monoisotopic (exact) mass is 1790 g/mol. The first-order valence-corrected chi connectivity index (χ1v) is 49.2. The van der Waals surface area contributed by atoms with Gasteiger partial charge in [-0.15, -0.1) is 0 Å². The fourth-order valence-electron chi connectivity index (χ4n) is 24.7. The van der Waals surface area contributed by atoms with Crippen molar-refractivity contribution in [1.82, 2.24) is 0 Å². The van der Waals surface area contributed by atoms with Gasteiger partial charge in [-0.05, 0) is 241 Å². The maximum absolute atomic E-state index is 2.34. The van der Waals surface area contributed by atoms with Gasteiger partial charge in [0.25, 0.3) is 0 Å². The van der Waals surface area contributed by atoms with Gasteiger partial charge in [0.2, 0.25) is 0 Å². The van der Waals surface area contributed by atoms with Crippen molar-refractivity contribution < 1.29 is 0 Å². The summed E-state index contributed by atoms with van der Waals surface area (Å²) in [5, 5.41) is 29.4. The standard InChI is InChI=1S/C33H22.2C29H20.C18H12.2C16H10/c1-3-13-23(14-4-1)33(24-15-5-2-6-16-24)30-22-12-11-21-29(30)31-27-19-9-7-17-25(27)26-18-8-10-20-28(26)32(31)33;1-3-13-22(14-4-1)29(23-15-5-2-6-16-23)26-19-8-7-17-24(26)25-18-9-11-21-12-10-20-27(29)28(21)25;1-3-12-22(13-4-1)29(23-14-5-2-6-15-23)26-18-10-9-17-25(26)28-24-16-8-7-11-21(24)19-20-27(28)29;1-3-7-15-13(5-1)9-11-18-16-8-4-2-6-14(16)10-12-17(15)18;1-3-11-7-9-13-5-2-6-14-10-8-12(4-1)15(11)16(13)14;1-2-8-13-12(7-1)14-9-3-5-11-6-4-10-15(13)16(11)14/h1-22H;2*1-20H;1-12H;2*1-10H. The van der Waals surface area contributed by atoms with Crippen molar-refractivity contribution >= 4 is 118 Å². The summed E-state index contributed by atoms with van der Waals surface area (Å²) < 4.78 is 0. The molecule has 4 aliphatic carbocycles. The molecule has 0 nitrogen and oxygen atoms in total. The van der Waals surface area contributed by atoms with Crippen LogP contribution in [0.15, 0.2) is 570 Å². The molecule has 27 aromatic rings. The lowest BCUT2D eigenvalue weighted by Crippen LogP contribution is -2.33. The van der Waals surface area contributed by atoms with Crippen LogP contribution in [0.4, 0.5) is 0 Å². The zero-order valence-electron chi connectivity index (χ0n) is 77.8. The van der Waals surface area contributed by atoms with Crippen LogP contribution in [0.1, 0.15) is 66.8 Å². The third-order valence-corrected chi connectivity index (χ3v) is 30.5. The topological polar surface area (TPSA) is 0 Å². The molecular formula is C141H94. The molecule has 0 radical (unpaired) electrons. The van der Waals surface area contributed by atoms with E-state index in [1.165, 1.54) is 241 Å². The van der Waals surface area contributed by atoms with Gasteiger partial charge in [-0.3, -0.25) is 0 Å². The van der Waals surface area contributed by atoms with Crippen LogP contribution in [0.5, 0.6) is 0 Å². The Labute approximate surface area is 821 Å². The van der Waals surface area contributed by atoms with Crippen LogP contribution in [0.25, 0.3) is 174 Å². The first-order valence-electron chi connectivity index (χ1n) is 49.2. The van der Waals surface area contributed by atoms with E-state index >= 15 is 0 Å². The predicted molar refractivity (Wildman–Crippen MR) is 599 cm³/mol. The summed E-state index contributed by atoms with van der Waals surface area (Å²) in [6.07, 6.45) is 0. The fraction of sp³-hybridized carbons (Fsp3) is 0.0213. The molecule has 141 heavy (non-hydrogen) atoms. The smallest absolute Gasteiger partial charge is 0.0622 e. The second-order valence-electron chi connectivity index (χ2n) is 37.6. The van der Waals surface area contributed by atoms with Crippen molar-refractivity contribution in [3.8, 4) is 55.6 Å². The Morgan fingerprint density at radius 1 is 0.0993 bits per heavy atom. The third kappa shape index (κ3) is 13.4. The van der Waals surface area contributed by atoms with Crippen LogP contribution in [0, 0.1) is 0 Å². The van der Waals surface area contributed by atoms with Gasteiger partial charge in [-0.2, -0.15) is 0 Å². The van der Waals surface area contributed by atoms with Gasteiger partial charge in [0.1, 0.15) is 0 Å². The number of fused-ring (bicyclic) bond motifs is 23. The normalized spacial score (nSPS) is 13.0. The molecule has 0 aromatic heterocycles. The number of hydrogen-bond acceptors (Lipinski definition) is 0. The van der Waals surface area contributed by atoms with E-state index < -0.39 is 0 Å². The van der Waals surface area contributed by atoms with E-state index in [0.29, 0.717) is 0 Å². The van der Waals surface area contributed by atoms with Gasteiger partial charge < -0.3 is 0 Å². The molecule has 0 amide bonds. The van der Waals surface area contributed by atoms with Gasteiger partial charge in [0, 0.05) is 0 Å². The Morgan fingerprint density at radius 2 is 0.340 bits per heavy atom. The summed E-state index contributed by atoms with van der Waals surface area (Å²) >= 11 is 0. The molecule has 0 N–H and O–H groups in total. The average Bonchev–Trinajstić information content (AvgIpc) is 1.41. The van der Waals surface area contributed by atoms with E-state index in [1.54, 1.807) is 0 Å². The summed E-state index contributed by atoms with van der Waals surface area (Å²) in [6, 6.07) is 207. The molecule has 0 fully saturated rings. The summed E-state index contributed by atoms with van der Waals surface area (Å²) in [5.74, 6) is 0. The van der Waals surface area contributed by atoms with Gasteiger partial charge in [0.15, 0.2) is 0 Å². The molecule has 0 bridgehead atoms. The van der Waals surface area contributed by atoms with E-state index in [1.807, 2.05) is 0 Å². The largest absolute Gasteiger partial charge is 0.0719 e. The molecule has 0 spiro atoms. The third-order valence-electron chi connectivity index (χ3n) is 30.5. The maximum atomic E-state index is 2.34. The van der Waals surface area contributed by atoms with Gasteiger partial charge >= 0.3 is 0 Å². The van der Waals surface area contributed by atoms with Crippen molar-refractivity contribution in [3.63, 3.8) is 0 Å². The molecule has 27 aromatic carbocycles. The highest BCUT2D eigenvalue weighted by atomic mass is 14.5. The van der Waals surface area contributed by atoms with E-state index in [0.717, 1.165) is 0 Å². The SMILES string of the molecule is c1cc2ccc3cccc4ccc(c1)c2c34.c1ccc(C2(c3ccccc3)c3ccccc3-c3c2c2ccccc2c2ccccc32)cc1.c1ccc(C2(c3ccccc3)c3ccccc3-c3c2ccc2ccccc32)cc1.c1ccc(C2(c3ccccc3)c3ccccc3-c3cccc4cccc2c34)cc1.c1ccc2c(c1)-c1cccc3cccc-2c13.c1ccc2c(c1)ccc1c3ccccc3ccc21. The van der Waals surface area contributed by atoms with Crippen LogP contribution in [-0.2, 0) is 16.2 Å². The van der Waals surface area contributed by atoms with Crippen molar-refractivity contribution in [2.24, 2.45) is 0 Å². The van der Waals surface area contributed by atoms with Crippen LogP contribution < -0.4 is 0 Å². The Kier molecular flexibility index (Phi) is 20.8. The number of hydrogen-bond donors (Lipinski definition) is 0. The molecule has 0 saturated heterocycles. The second kappa shape index (κ2) is 35.0. The van der Waals surface area contributed by atoms with Gasteiger partial charge in [-0.1, -0.05) is 570 Å². The predicted octanol–water partition coefficient (Wildman–Crippen LogP) is 37.0. The maximum Gasteiger partial charge on any atom is 0.0719 e. The highest BCUT2D eigenvalue weighted by Crippen LogP contribution is 2.63. The van der Waals surface area contributed by atoms with Gasteiger partial charge in [-0.25, -0.2) is 0 Å². The Balaban J connectivity index is 0.0000000887. The number of rotatable bonds is 6. The summed E-state index contributed by atoms with van der Waals surface area (Å²) in [4.78, 5) is 0. The summed E-state index contributed by atoms with van der Waals surface area (Å²) in [7, 11) is 0. The molecular weight excluding hydrogens is 1690 g/mol. The highest BCUT2D eigenvalue weighted by Gasteiger charge is 2.50. The Bertz CT molecular complexity index is 9080. The van der Waals surface area contributed by atoms with E-state index in [2.05, 4.69) is 570 Å². The Hall–Kier alpha value is -17.9. The molecule has 658 valence electrons. The minimum Gasteiger partial charge on any atom is -0.0622 e. The molecule has 31 rings (SSSR count). The lowest BCUT2D eigenvalue weighted by atomic mass is 9.59. The number of benzene rings is 27. The summed E-state index contributed by atoms with van der Waals surface area (Å²) in [5.41, 5.74) is 28.6. The molecule has 0 heterocycles. The van der Waals surface area contributed by atoms with Gasteiger partial charge in [0.05, 0.1) is 16.2 Å². The first kappa shape index (κ1) is 83.6. The first-order chi connectivity index (χ1) is 70.0. The van der Waals surface area contributed by atoms with Crippen LogP contribution >= 0.6 is 0 Å². The second-order valence-corrected chi connectivity index (χ2v) is 37.6. The van der Waals surface area contributed by atoms with Crippen molar-refractivity contribution in [2.45, 2.75) is 16.2 Å². The van der Waals surface area contributed by atoms with Crippen LogP contribution in [-0.4, -0.2) is 0 Å². The summed E-state index contributed by atoms with van der Waals surface area (Å²) in [6.45, 7) is 0. The molecule has 0 heteroatoms. The van der Waals surface area contributed by atoms with E-state index in [4.69, 9.17) is 0 Å². The fourth-order valence-corrected chi connectivity index (χ4v) is 24.7. The quantitative estimate of drug-likeness (QED) is 0.146. The van der Waals surface area contributed by atoms with E-state index in [9.17, 15) is 0 Å². The molecule has 0 aliphatic heterocycles. The minimum atomic E-state index is -0.377. The van der Waals surface area contributed by atoms with Crippen LogP contribution in [0.2, 0.25) is 0 Å². The van der Waals surface area contributed by atoms with Crippen molar-refractivity contribution in [1.29, 1.82) is 0 Å². The molecule has 4 aliphatic rings.